The smallest absolute Gasteiger partial charge is 0.251 e. The van der Waals surface area contributed by atoms with E-state index in [1.165, 1.54) is 0 Å². The number of carbonyl (C=O) groups is 1. The molecule has 9 nitrogen and oxygen atoms in total. The van der Waals surface area contributed by atoms with Crippen molar-refractivity contribution < 1.29 is 14.3 Å². The first kappa shape index (κ1) is 22.1. The van der Waals surface area contributed by atoms with Crippen LogP contribution in [0.2, 0.25) is 0 Å². The van der Waals surface area contributed by atoms with Crippen molar-refractivity contribution in [1.29, 1.82) is 0 Å². The van der Waals surface area contributed by atoms with Crippen LogP contribution in [0.25, 0.3) is 16.7 Å². The summed E-state index contributed by atoms with van der Waals surface area (Å²) in [4.78, 5) is 17.5. The van der Waals surface area contributed by atoms with Gasteiger partial charge in [-0.1, -0.05) is 24.3 Å². The number of anilines is 2. The first-order chi connectivity index (χ1) is 17.2. The molecule has 9 heteroatoms. The molecule has 0 aliphatic heterocycles. The number of amides is 1. The molecule has 0 radical (unpaired) electrons. The van der Waals surface area contributed by atoms with E-state index in [1.807, 2.05) is 59.0 Å². The van der Waals surface area contributed by atoms with Gasteiger partial charge in [0.25, 0.3) is 5.91 Å². The molecule has 176 valence electrons. The summed E-state index contributed by atoms with van der Waals surface area (Å²) in [5, 5.41) is 14.5. The van der Waals surface area contributed by atoms with Crippen LogP contribution in [0, 0.1) is 0 Å². The van der Waals surface area contributed by atoms with Crippen LogP contribution in [0.5, 0.6) is 11.5 Å². The average molecular weight is 469 g/mol. The third-order valence-electron chi connectivity index (χ3n) is 5.67. The Morgan fingerprint density at radius 3 is 2.69 bits per heavy atom. The lowest BCUT2D eigenvalue weighted by atomic mass is 10.1. The second-order valence-corrected chi connectivity index (χ2v) is 7.87. The summed E-state index contributed by atoms with van der Waals surface area (Å²) in [7, 11) is 3.21. The molecule has 0 bridgehead atoms. The minimum absolute atomic E-state index is 0.159. The summed E-state index contributed by atoms with van der Waals surface area (Å²) >= 11 is 0. The second kappa shape index (κ2) is 9.68. The number of nitrogens with one attached hydrogen (secondary N) is 2. The molecule has 2 N–H and O–H groups in total. The maximum Gasteiger partial charge on any atom is 0.251 e. The fraction of sp³-hybridized carbons (Fsp3) is 0.154. The van der Waals surface area contributed by atoms with Crippen LogP contribution in [-0.4, -0.2) is 46.3 Å². The summed E-state index contributed by atoms with van der Waals surface area (Å²) in [5.74, 6) is 1.74. The van der Waals surface area contributed by atoms with E-state index in [9.17, 15) is 4.79 Å². The lowest BCUT2D eigenvalue weighted by Gasteiger charge is -2.11. The van der Waals surface area contributed by atoms with E-state index in [0.29, 0.717) is 41.5 Å². The van der Waals surface area contributed by atoms with Gasteiger partial charge in [0.1, 0.15) is 6.33 Å². The van der Waals surface area contributed by atoms with Crippen LogP contribution in [-0.2, 0) is 6.42 Å². The highest BCUT2D eigenvalue weighted by atomic mass is 16.5. The van der Waals surface area contributed by atoms with Gasteiger partial charge < -0.3 is 20.1 Å². The van der Waals surface area contributed by atoms with E-state index in [-0.39, 0.29) is 5.91 Å². The minimum atomic E-state index is -0.159. The molecular weight excluding hydrogens is 444 g/mol. The number of benzene rings is 3. The van der Waals surface area contributed by atoms with E-state index in [0.717, 1.165) is 22.3 Å². The standard InChI is InChI=1S/C26H24N6O3/c1-34-22-11-10-17(14-23(22)35-2)12-13-27-26(33)18-6-5-7-19(15-18)29-24-25-31-28-16-32(25)21-9-4-3-8-20(21)30-24/h3-11,14-16H,12-13H2,1-2H3,(H,27,33)(H,29,30). The zero-order valence-electron chi connectivity index (χ0n) is 19.4. The highest BCUT2D eigenvalue weighted by molar-refractivity contribution is 5.95. The Labute approximate surface area is 201 Å². The summed E-state index contributed by atoms with van der Waals surface area (Å²) in [6, 6.07) is 20.8. The molecule has 5 rings (SSSR count). The number of methoxy groups -OCH3 is 2. The minimum Gasteiger partial charge on any atom is -0.493 e. The Morgan fingerprint density at radius 2 is 1.83 bits per heavy atom. The monoisotopic (exact) mass is 468 g/mol. The molecule has 5 aromatic rings. The van der Waals surface area contributed by atoms with Crippen LogP contribution in [0.15, 0.2) is 73.1 Å². The van der Waals surface area contributed by atoms with Crippen molar-refractivity contribution >= 4 is 34.1 Å². The SMILES string of the molecule is COc1ccc(CCNC(=O)c2cccc(Nc3nc4ccccc4n4cnnc34)c2)cc1OC. The molecule has 0 saturated heterocycles. The van der Waals surface area contributed by atoms with Gasteiger partial charge in [0.2, 0.25) is 5.65 Å². The first-order valence-electron chi connectivity index (χ1n) is 11.1. The predicted molar refractivity (Wildman–Crippen MR) is 134 cm³/mol. The Morgan fingerprint density at radius 1 is 0.971 bits per heavy atom. The Hall–Kier alpha value is -4.66. The third kappa shape index (κ3) is 4.56. The number of rotatable bonds is 8. The molecule has 3 aromatic carbocycles. The van der Waals surface area contributed by atoms with Crippen molar-refractivity contribution in [3.8, 4) is 11.5 Å². The van der Waals surface area contributed by atoms with Crippen molar-refractivity contribution in [2.75, 3.05) is 26.1 Å². The van der Waals surface area contributed by atoms with Crippen LogP contribution < -0.4 is 20.1 Å². The molecule has 2 aromatic heterocycles. The van der Waals surface area contributed by atoms with E-state index in [1.54, 1.807) is 32.7 Å². The third-order valence-corrected chi connectivity index (χ3v) is 5.67. The average Bonchev–Trinajstić information content (AvgIpc) is 3.39. The number of nitrogens with zero attached hydrogens (tertiary/aromatic N) is 4. The number of para-hydroxylation sites is 2. The van der Waals surface area contributed by atoms with Crippen LogP contribution in [0.4, 0.5) is 11.5 Å². The quantitative estimate of drug-likeness (QED) is 0.355. The normalized spacial score (nSPS) is 10.9. The fourth-order valence-corrected chi connectivity index (χ4v) is 3.92. The van der Waals surface area contributed by atoms with Gasteiger partial charge in [-0.05, 0) is 54.4 Å². The summed E-state index contributed by atoms with van der Waals surface area (Å²) in [6.45, 7) is 0.485. The maximum absolute atomic E-state index is 12.8. The van der Waals surface area contributed by atoms with Gasteiger partial charge in [-0.25, -0.2) is 4.98 Å². The van der Waals surface area contributed by atoms with E-state index < -0.39 is 0 Å². The molecule has 0 atom stereocenters. The van der Waals surface area contributed by atoms with Gasteiger partial charge in [-0.2, -0.15) is 0 Å². The van der Waals surface area contributed by atoms with Gasteiger partial charge in [0.05, 0.1) is 25.3 Å². The van der Waals surface area contributed by atoms with Crippen molar-refractivity contribution in [2.24, 2.45) is 0 Å². The zero-order chi connectivity index (χ0) is 24.2. The van der Waals surface area contributed by atoms with Crippen LogP contribution in [0.1, 0.15) is 15.9 Å². The van der Waals surface area contributed by atoms with Crippen molar-refractivity contribution in [2.45, 2.75) is 6.42 Å². The Balaban J connectivity index is 1.28. The zero-order valence-corrected chi connectivity index (χ0v) is 19.4. The molecule has 0 aliphatic carbocycles. The predicted octanol–water partition coefficient (Wildman–Crippen LogP) is 4.01. The topological polar surface area (TPSA) is 103 Å². The number of ether oxygens (including phenoxy) is 2. The van der Waals surface area contributed by atoms with Gasteiger partial charge in [0.15, 0.2) is 17.3 Å². The van der Waals surface area contributed by atoms with Crippen molar-refractivity contribution in [3.63, 3.8) is 0 Å². The molecule has 1 amide bonds. The molecule has 0 aliphatic rings. The Bertz CT molecular complexity index is 1510. The lowest BCUT2D eigenvalue weighted by Crippen LogP contribution is -2.25. The maximum atomic E-state index is 12.8. The van der Waals surface area contributed by atoms with Gasteiger partial charge in [-0.3, -0.25) is 9.20 Å². The first-order valence-corrected chi connectivity index (χ1v) is 11.1. The van der Waals surface area contributed by atoms with Gasteiger partial charge in [-0.15, -0.1) is 10.2 Å². The van der Waals surface area contributed by atoms with Crippen molar-refractivity contribution in [1.82, 2.24) is 24.9 Å². The summed E-state index contributed by atoms with van der Waals surface area (Å²) in [6.07, 6.45) is 2.32. The number of carbonyl (C=O) groups excluding carboxylic acids is 1. The number of hydrogen-bond acceptors (Lipinski definition) is 7. The lowest BCUT2D eigenvalue weighted by molar-refractivity contribution is 0.0954. The molecule has 0 unspecified atom stereocenters. The van der Waals surface area contributed by atoms with E-state index in [2.05, 4.69) is 20.8 Å². The largest absolute Gasteiger partial charge is 0.493 e. The van der Waals surface area contributed by atoms with Crippen LogP contribution >= 0.6 is 0 Å². The fourth-order valence-electron chi connectivity index (χ4n) is 3.92. The molecule has 0 saturated carbocycles. The number of fused-ring (bicyclic) bond motifs is 3. The van der Waals surface area contributed by atoms with E-state index >= 15 is 0 Å². The summed E-state index contributed by atoms with van der Waals surface area (Å²) in [5.41, 5.74) is 4.64. The molecule has 0 fully saturated rings. The summed E-state index contributed by atoms with van der Waals surface area (Å²) < 4.78 is 12.5. The van der Waals surface area contributed by atoms with Gasteiger partial charge in [0, 0.05) is 17.8 Å². The Kier molecular flexibility index (Phi) is 6.13. The molecule has 2 heterocycles. The molecule has 35 heavy (non-hydrogen) atoms. The van der Waals surface area contributed by atoms with Crippen molar-refractivity contribution in [3.05, 3.63) is 84.2 Å². The van der Waals surface area contributed by atoms with E-state index in [4.69, 9.17) is 14.5 Å². The number of aromatic nitrogens is 4. The molecular formula is C26H24N6O3. The second-order valence-electron chi connectivity index (χ2n) is 7.87. The number of hydrogen-bond donors (Lipinski definition) is 2. The highest BCUT2D eigenvalue weighted by Gasteiger charge is 2.12. The highest BCUT2D eigenvalue weighted by Crippen LogP contribution is 2.27. The molecule has 0 spiro atoms. The van der Waals surface area contributed by atoms with Gasteiger partial charge >= 0.3 is 0 Å². The van der Waals surface area contributed by atoms with Crippen LogP contribution in [0.3, 0.4) is 0 Å².